The molecule has 0 atom stereocenters. The summed E-state index contributed by atoms with van der Waals surface area (Å²) >= 11 is 0. The molecule has 160 valence electrons. The number of hydrogen-bond donors (Lipinski definition) is 0. The lowest BCUT2D eigenvalue weighted by Gasteiger charge is -2.19. The third kappa shape index (κ3) is 4.07. The molecule has 0 saturated heterocycles. The quantitative estimate of drug-likeness (QED) is 0.591. The molecule has 31 heavy (non-hydrogen) atoms. The van der Waals surface area contributed by atoms with Crippen molar-refractivity contribution in [3.8, 4) is 11.4 Å². The lowest BCUT2D eigenvalue weighted by molar-refractivity contribution is 0.0744. The molecule has 7 nitrogen and oxygen atoms in total. The van der Waals surface area contributed by atoms with Gasteiger partial charge >= 0.3 is 0 Å². The van der Waals surface area contributed by atoms with E-state index in [1.807, 2.05) is 41.2 Å². The van der Waals surface area contributed by atoms with Crippen LogP contribution >= 0.6 is 0 Å². The lowest BCUT2D eigenvalue weighted by atomic mass is 10.1. The summed E-state index contributed by atoms with van der Waals surface area (Å²) in [6.45, 7) is 1.34. The predicted octanol–water partition coefficient (Wildman–Crippen LogP) is 3.22. The fourth-order valence-corrected chi connectivity index (χ4v) is 4.35. The predicted molar refractivity (Wildman–Crippen MR) is 115 cm³/mol. The molecule has 0 radical (unpaired) electrons. The van der Waals surface area contributed by atoms with Gasteiger partial charge in [-0.15, -0.1) is 0 Å². The summed E-state index contributed by atoms with van der Waals surface area (Å²) < 4.78 is 31.8. The number of carbonyl (C=O) groups excluding carboxylic acids is 1. The number of amides is 1. The smallest absolute Gasteiger partial charge is 0.258 e. The van der Waals surface area contributed by atoms with Gasteiger partial charge in [-0.3, -0.25) is 4.79 Å². The van der Waals surface area contributed by atoms with E-state index >= 15 is 0 Å². The number of fused-ring (bicyclic) bond motifs is 1. The highest BCUT2D eigenvalue weighted by Gasteiger charge is 2.30. The van der Waals surface area contributed by atoms with Crippen molar-refractivity contribution < 1.29 is 17.9 Å². The number of nitrogens with zero attached hydrogens (tertiary/aromatic N) is 3. The van der Waals surface area contributed by atoms with Crippen molar-refractivity contribution in [2.75, 3.05) is 12.9 Å². The van der Waals surface area contributed by atoms with Gasteiger partial charge < -0.3 is 9.64 Å². The maximum atomic E-state index is 13.3. The molecule has 1 aromatic heterocycles. The topological polar surface area (TPSA) is 81.5 Å². The number of hydrogen-bond acceptors (Lipinski definition) is 5. The van der Waals surface area contributed by atoms with Crippen molar-refractivity contribution in [3.63, 3.8) is 0 Å². The van der Waals surface area contributed by atoms with E-state index in [-0.39, 0.29) is 16.4 Å². The first kappa shape index (κ1) is 19.8. The van der Waals surface area contributed by atoms with Gasteiger partial charge in [0.05, 0.1) is 35.0 Å². The van der Waals surface area contributed by atoms with Gasteiger partial charge in [-0.25, -0.2) is 13.1 Å². The minimum atomic E-state index is -3.44. The Morgan fingerprint density at radius 1 is 1.13 bits per heavy atom. The Kier molecular flexibility index (Phi) is 4.81. The first-order valence-electron chi connectivity index (χ1n) is 10.3. The Morgan fingerprint density at radius 2 is 1.90 bits per heavy atom. The van der Waals surface area contributed by atoms with Crippen LogP contribution in [0.25, 0.3) is 5.69 Å². The zero-order chi connectivity index (χ0) is 21.6. The SMILES string of the molecule is CS(=O)(=O)c1ccc(OCC2CC2)c(C(=O)N2Cc3cn(-c4ccccc4)nc3C2)c1. The van der Waals surface area contributed by atoms with E-state index in [1.54, 1.807) is 11.0 Å². The van der Waals surface area contributed by atoms with Crippen LogP contribution < -0.4 is 4.74 Å². The highest BCUT2D eigenvalue weighted by Crippen LogP contribution is 2.33. The van der Waals surface area contributed by atoms with E-state index in [0.717, 1.165) is 36.0 Å². The maximum absolute atomic E-state index is 13.3. The Labute approximate surface area is 181 Å². The monoisotopic (exact) mass is 437 g/mol. The van der Waals surface area contributed by atoms with Crippen LogP contribution in [0, 0.1) is 5.92 Å². The molecule has 2 aromatic carbocycles. The summed E-state index contributed by atoms with van der Waals surface area (Å²) in [6.07, 6.45) is 5.33. The third-order valence-corrected chi connectivity index (χ3v) is 6.78. The zero-order valence-corrected chi connectivity index (χ0v) is 18.0. The highest BCUT2D eigenvalue weighted by molar-refractivity contribution is 7.90. The van der Waals surface area contributed by atoms with Gasteiger partial charge in [-0.2, -0.15) is 5.10 Å². The van der Waals surface area contributed by atoms with Crippen LogP contribution in [-0.2, 0) is 22.9 Å². The highest BCUT2D eigenvalue weighted by atomic mass is 32.2. The van der Waals surface area contributed by atoms with Crippen LogP contribution in [0.1, 0.15) is 34.5 Å². The second-order valence-corrected chi connectivity index (χ2v) is 10.2. The van der Waals surface area contributed by atoms with Crippen LogP contribution in [0.15, 0.2) is 59.6 Å². The number of ether oxygens (including phenoxy) is 1. The second kappa shape index (κ2) is 7.53. The molecule has 0 N–H and O–H groups in total. The number of sulfone groups is 1. The van der Waals surface area contributed by atoms with Crippen LogP contribution in [-0.4, -0.2) is 41.9 Å². The van der Waals surface area contributed by atoms with Crippen molar-refractivity contribution in [3.05, 3.63) is 71.5 Å². The van der Waals surface area contributed by atoms with Gasteiger partial charge in [0.25, 0.3) is 5.91 Å². The molecule has 1 aliphatic heterocycles. The minimum absolute atomic E-state index is 0.112. The molecule has 3 aromatic rings. The van der Waals surface area contributed by atoms with Crippen LogP contribution in [0.3, 0.4) is 0 Å². The zero-order valence-electron chi connectivity index (χ0n) is 17.2. The summed E-state index contributed by atoms with van der Waals surface area (Å²) in [6, 6.07) is 14.3. The summed E-state index contributed by atoms with van der Waals surface area (Å²) in [7, 11) is -3.44. The van der Waals surface area contributed by atoms with E-state index in [0.29, 0.717) is 31.4 Å². The number of rotatable bonds is 6. The Balaban J connectivity index is 1.40. The third-order valence-electron chi connectivity index (χ3n) is 5.67. The lowest BCUT2D eigenvalue weighted by Crippen LogP contribution is -2.27. The van der Waals surface area contributed by atoms with Crippen LogP contribution in [0.2, 0.25) is 0 Å². The van der Waals surface area contributed by atoms with Gasteiger partial charge in [-0.1, -0.05) is 18.2 Å². The van der Waals surface area contributed by atoms with Crippen LogP contribution in [0.4, 0.5) is 0 Å². The molecular formula is C23H23N3O4S. The number of para-hydroxylation sites is 1. The molecule has 2 aliphatic rings. The normalized spacial score (nSPS) is 15.7. The fraction of sp³-hybridized carbons (Fsp3) is 0.304. The fourth-order valence-electron chi connectivity index (χ4n) is 3.70. The van der Waals surface area contributed by atoms with E-state index in [1.165, 1.54) is 12.1 Å². The standard InChI is InChI=1S/C23H23N3O4S/c1-31(28,29)19-9-10-22(30-15-16-7-8-16)20(11-19)23(27)25-12-17-13-26(24-21(17)14-25)18-5-3-2-4-6-18/h2-6,9-11,13,16H,7-8,12,14-15H2,1H3. The average molecular weight is 438 g/mol. The molecule has 1 aliphatic carbocycles. The number of benzene rings is 2. The van der Waals surface area contributed by atoms with Crippen molar-refractivity contribution in [1.29, 1.82) is 0 Å². The molecular weight excluding hydrogens is 414 g/mol. The molecule has 0 unspecified atom stereocenters. The van der Waals surface area contributed by atoms with Gasteiger partial charge in [0.2, 0.25) is 0 Å². The molecule has 1 fully saturated rings. The van der Waals surface area contributed by atoms with Crippen molar-refractivity contribution in [2.24, 2.45) is 5.92 Å². The molecule has 2 heterocycles. The first-order valence-corrected chi connectivity index (χ1v) is 12.2. The summed E-state index contributed by atoms with van der Waals surface area (Å²) in [5.74, 6) is 0.705. The molecule has 1 saturated carbocycles. The Hall–Kier alpha value is -3.13. The second-order valence-electron chi connectivity index (χ2n) is 8.23. The van der Waals surface area contributed by atoms with E-state index in [4.69, 9.17) is 4.74 Å². The van der Waals surface area contributed by atoms with Gasteiger partial charge in [0.15, 0.2) is 9.84 Å². The number of carbonyl (C=O) groups is 1. The Bertz CT molecular complexity index is 1220. The maximum Gasteiger partial charge on any atom is 0.258 e. The van der Waals surface area contributed by atoms with Crippen LogP contribution in [0.5, 0.6) is 5.75 Å². The van der Waals surface area contributed by atoms with E-state index in [9.17, 15) is 13.2 Å². The van der Waals surface area contributed by atoms with E-state index in [2.05, 4.69) is 5.10 Å². The molecule has 8 heteroatoms. The van der Waals surface area contributed by atoms with Gasteiger partial charge in [-0.05, 0) is 49.1 Å². The minimum Gasteiger partial charge on any atom is -0.492 e. The summed E-state index contributed by atoms with van der Waals surface area (Å²) in [5, 5.41) is 4.63. The average Bonchev–Trinajstić information content (AvgIpc) is 3.37. The van der Waals surface area contributed by atoms with Crippen molar-refractivity contribution in [2.45, 2.75) is 30.8 Å². The summed E-state index contributed by atoms with van der Waals surface area (Å²) in [4.78, 5) is 15.1. The first-order chi connectivity index (χ1) is 14.9. The van der Waals surface area contributed by atoms with E-state index < -0.39 is 9.84 Å². The molecule has 5 rings (SSSR count). The van der Waals surface area contributed by atoms with Crippen molar-refractivity contribution >= 4 is 15.7 Å². The number of aromatic nitrogens is 2. The molecule has 0 spiro atoms. The van der Waals surface area contributed by atoms with Gasteiger partial charge in [0, 0.05) is 24.6 Å². The largest absolute Gasteiger partial charge is 0.492 e. The summed E-state index contributed by atoms with van der Waals surface area (Å²) in [5.41, 5.74) is 3.07. The Morgan fingerprint density at radius 3 is 2.58 bits per heavy atom. The molecule has 1 amide bonds. The molecule has 0 bridgehead atoms. The van der Waals surface area contributed by atoms with Crippen molar-refractivity contribution in [1.82, 2.24) is 14.7 Å². The van der Waals surface area contributed by atoms with Gasteiger partial charge in [0.1, 0.15) is 5.75 Å².